The van der Waals surface area contributed by atoms with Crippen LogP contribution in [0.1, 0.15) is 31.7 Å². The van der Waals surface area contributed by atoms with Crippen LogP contribution in [0.2, 0.25) is 0 Å². The van der Waals surface area contributed by atoms with Crippen LogP contribution in [-0.2, 0) is 15.5 Å². The summed E-state index contributed by atoms with van der Waals surface area (Å²) in [6.45, 7) is 2.10. The van der Waals surface area contributed by atoms with Crippen molar-refractivity contribution in [2.45, 2.75) is 36.5 Å². The van der Waals surface area contributed by atoms with Crippen LogP contribution in [0.15, 0.2) is 23.1 Å². The van der Waals surface area contributed by atoms with E-state index in [0.29, 0.717) is 0 Å². The first-order chi connectivity index (χ1) is 7.87. The van der Waals surface area contributed by atoms with Crippen molar-refractivity contribution in [3.63, 3.8) is 0 Å². The second-order valence-corrected chi connectivity index (χ2v) is 6.14. The fourth-order valence-corrected chi connectivity index (χ4v) is 2.93. The van der Waals surface area contributed by atoms with E-state index in [9.17, 15) is 13.0 Å². The summed E-state index contributed by atoms with van der Waals surface area (Å²) in [6.07, 6.45) is 3.25. The van der Waals surface area contributed by atoms with E-state index in [2.05, 4.69) is 6.92 Å². The molecule has 17 heavy (non-hydrogen) atoms. The Balaban J connectivity index is 2.53. The van der Waals surface area contributed by atoms with Gasteiger partial charge in [0.1, 0.15) is 10.6 Å². The highest BCUT2D eigenvalue weighted by Crippen LogP contribution is 2.44. The van der Waals surface area contributed by atoms with Gasteiger partial charge in [-0.25, -0.2) is 0 Å². The van der Waals surface area contributed by atoms with Crippen LogP contribution in [0.25, 0.3) is 0 Å². The SMILES string of the molecule is COc1ccc(C2(C)CCC2)cc1S(=O)(=O)O. The number of methoxy groups -OCH3 is 1. The lowest BCUT2D eigenvalue weighted by molar-refractivity contribution is 0.271. The smallest absolute Gasteiger partial charge is 0.298 e. The fourth-order valence-electron chi connectivity index (χ4n) is 2.25. The zero-order valence-corrected chi connectivity index (χ0v) is 10.8. The molecule has 5 heteroatoms. The third kappa shape index (κ3) is 2.17. The number of hydrogen-bond acceptors (Lipinski definition) is 3. The van der Waals surface area contributed by atoms with Crippen LogP contribution >= 0.6 is 0 Å². The molecule has 0 heterocycles. The van der Waals surface area contributed by atoms with Gasteiger partial charge in [0, 0.05) is 0 Å². The summed E-state index contributed by atoms with van der Waals surface area (Å²) < 4.78 is 36.7. The highest BCUT2D eigenvalue weighted by atomic mass is 32.2. The van der Waals surface area contributed by atoms with E-state index in [1.54, 1.807) is 6.07 Å². The van der Waals surface area contributed by atoms with Gasteiger partial charge in [0.05, 0.1) is 7.11 Å². The maximum atomic E-state index is 11.3. The molecule has 1 saturated carbocycles. The second-order valence-electron chi connectivity index (χ2n) is 4.75. The molecule has 0 aromatic heterocycles. The molecule has 2 rings (SSSR count). The van der Waals surface area contributed by atoms with Crippen LogP contribution < -0.4 is 4.74 Å². The van der Waals surface area contributed by atoms with E-state index >= 15 is 0 Å². The van der Waals surface area contributed by atoms with Gasteiger partial charge in [0.2, 0.25) is 0 Å². The fraction of sp³-hybridized carbons (Fsp3) is 0.500. The maximum absolute atomic E-state index is 11.3. The van der Waals surface area contributed by atoms with Crippen LogP contribution in [-0.4, -0.2) is 20.1 Å². The molecule has 0 radical (unpaired) electrons. The van der Waals surface area contributed by atoms with E-state index in [0.717, 1.165) is 24.8 Å². The third-order valence-corrected chi connectivity index (χ3v) is 4.47. The molecular weight excluding hydrogens is 240 g/mol. The van der Waals surface area contributed by atoms with Gasteiger partial charge in [-0.3, -0.25) is 4.55 Å². The molecule has 0 bridgehead atoms. The summed E-state index contributed by atoms with van der Waals surface area (Å²) in [5, 5.41) is 0. The molecule has 0 saturated heterocycles. The van der Waals surface area contributed by atoms with Crippen molar-refractivity contribution in [3.8, 4) is 5.75 Å². The van der Waals surface area contributed by atoms with E-state index in [1.807, 2.05) is 6.07 Å². The Morgan fingerprint density at radius 2 is 2.00 bits per heavy atom. The summed E-state index contributed by atoms with van der Waals surface area (Å²) in [7, 11) is -2.85. The number of benzene rings is 1. The van der Waals surface area contributed by atoms with Gasteiger partial charge >= 0.3 is 0 Å². The molecule has 1 aromatic carbocycles. The molecule has 0 unspecified atom stereocenters. The quantitative estimate of drug-likeness (QED) is 0.843. The van der Waals surface area contributed by atoms with Crippen LogP contribution in [0, 0.1) is 0 Å². The summed E-state index contributed by atoms with van der Waals surface area (Å²) in [6, 6.07) is 4.99. The van der Waals surface area contributed by atoms with E-state index in [4.69, 9.17) is 4.74 Å². The summed E-state index contributed by atoms with van der Waals surface area (Å²) in [5.74, 6) is 0.180. The topological polar surface area (TPSA) is 63.6 Å². The van der Waals surface area contributed by atoms with Crippen molar-refractivity contribution in [2.75, 3.05) is 7.11 Å². The molecule has 94 valence electrons. The molecule has 1 aromatic rings. The number of hydrogen-bond donors (Lipinski definition) is 1. The molecular formula is C12H16O4S. The predicted molar refractivity (Wildman–Crippen MR) is 64.0 cm³/mol. The molecule has 0 amide bonds. The Kier molecular flexibility index (Phi) is 2.91. The predicted octanol–water partition coefficient (Wildman–Crippen LogP) is 2.38. The lowest BCUT2D eigenvalue weighted by atomic mass is 9.66. The molecule has 0 aliphatic heterocycles. The largest absolute Gasteiger partial charge is 0.495 e. The first-order valence-corrected chi connectivity index (χ1v) is 6.97. The molecule has 0 atom stereocenters. The number of rotatable bonds is 3. The summed E-state index contributed by atoms with van der Waals surface area (Å²) in [4.78, 5) is -0.148. The summed E-state index contributed by atoms with van der Waals surface area (Å²) in [5.41, 5.74) is 0.975. The van der Waals surface area contributed by atoms with Gasteiger partial charge in [0.25, 0.3) is 10.1 Å². The maximum Gasteiger partial charge on any atom is 0.298 e. The molecule has 1 aliphatic rings. The van der Waals surface area contributed by atoms with Gasteiger partial charge in [-0.15, -0.1) is 0 Å². The lowest BCUT2D eigenvalue weighted by Gasteiger charge is -2.39. The van der Waals surface area contributed by atoms with Gasteiger partial charge < -0.3 is 4.74 Å². The second kappa shape index (κ2) is 3.99. The van der Waals surface area contributed by atoms with E-state index < -0.39 is 10.1 Å². The monoisotopic (exact) mass is 256 g/mol. The van der Waals surface area contributed by atoms with Crippen LogP contribution in [0.5, 0.6) is 5.75 Å². The molecule has 1 fully saturated rings. The Labute approximate surface area is 101 Å². The minimum absolute atomic E-state index is 0.0334. The highest BCUT2D eigenvalue weighted by molar-refractivity contribution is 7.86. The molecule has 1 N–H and O–H groups in total. The average molecular weight is 256 g/mol. The van der Waals surface area contributed by atoms with Crippen molar-refractivity contribution < 1.29 is 17.7 Å². The van der Waals surface area contributed by atoms with Crippen LogP contribution in [0.4, 0.5) is 0 Å². The molecule has 0 spiro atoms. The van der Waals surface area contributed by atoms with Gasteiger partial charge in [0.15, 0.2) is 0 Å². The van der Waals surface area contributed by atoms with Crippen molar-refractivity contribution in [1.82, 2.24) is 0 Å². The zero-order chi connectivity index (χ0) is 12.7. The lowest BCUT2D eigenvalue weighted by Crippen LogP contribution is -2.30. The van der Waals surface area contributed by atoms with Gasteiger partial charge in [-0.05, 0) is 36.0 Å². The Morgan fingerprint density at radius 1 is 1.35 bits per heavy atom. The average Bonchev–Trinajstić information content (AvgIpc) is 2.24. The summed E-state index contributed by atoms with van der Waals surface area (Å²) >= 11 is 0. The first kappa shape index (κ1) is 12.4. The first-order valence-electron chi connectivity index (χ1n) is 5.53. The molecule has 1 aliphatic carbocycles. The van der Waals surface area contributed by atoms with Gasteiger partial charge in [-0.1, -0.05) is 19.4 Å². The minimum atomic E-state index is -4.24. The number of ether oxygens (including phenoxy) is 1. The standard InChI is InChI=1S/C12H16O4S/c1-12(6-3-7-12)9-4-5-10(16-2)11(8-9)17(13,14)15/h4-5,8H,3,6-7H2,1-2H3,(H,13,14,15). The third-order valence-electron chi connectivity index (χ3n) is 3.60. The van der Waals surface area contributed by atoms with Crippen LogP contribution in [0.3, 0.4) is 0 Å². The highest BCUT2D eigenvalue weighted by Gasteiger charge is 2.34. The minimum Gasteiger partial charge on any atom is -0.495 e. The zero-order valence-electron chi connectivity index (χ0n) is 9.93. The van der Waals surface area contributed by atoms with Gasteiger partial charge in [-0.2, -0.15) is 8.42 Å². The molecule has 4 nitrogen and oxygen atoms in total. The Bertz CT molecular complexity index is 529. The van der Waals surface area contributed by atoms with Crippen molar-refractivity contribution in [1.29, 1.82) is 0 Å². The van der Waals surface area contributed by atoms with E-state index in [-0.39, 0.29) is 16.1 Å². The van der Waals surface area contributed by atoms with Crippen molar-refractivity contribution in [2.24, 2.45) is 0 Å². The van der Waals surface area contributed by atoms with Crippen molar-refractivity contribution >= 4 is 10.1 Å². The Morgan fingerprint density at radius 3 is 2.41 bits per heavy atom. The van der Waals surface area contributed by atoms with Crippen molar-refractivity contribution in [3.05, 3.63) is 23.8 Å². The Hall–Kier alpha value is -1.07. The normalized spacial score (nSPS) is 18.5. The van der Waals surface area contributed by atoms with E-state index in [1.165, 1.54) is 13.2 Å².